The van der Waals surface area contributed by atoms with Crippen molar-refractivity contribution in [2.75, 3.05) is 31.5 Å². The first-order chi connectivity index (χ1) is 16.7. The van der Waals surface area contributed by atoms with E-state index in [1.165, 1.54) is 45.0 Å². The number of nitrogens with one attached hydrogen (secondary N) is 1. The lowest BCUT2D eigenvalue weighted by molar-refractivity contribution is -0.120. The van der Waals surface area contributed by atoms with Gasteiger partial charge in [0, 0.05) is 36.9 Å². The van der Waals surface area contributed by atoms with Gasteiger partial charge in [0.2, 0.25) is 26.0 Å². The van der Waals surface area contributed by atoms with Gasteiger partial charge in [-0.1, -0.05) is 24.4 Å². The number of nitrogens with zero attached hydrogens (tertiary/aromatic N) is 2. The van der Waals surface area contributed by atoms with Crippen molar-refractivity contribution in [3.63, 3.8) is 0 Å². The molecule has 8 nitrogen and oxygen atoms in total. The number of carbonyl (C=O) groups is 1. The average Bonchev–Trinajstić information content (AvgIpc) is 3.15. The molecule has 2 aliphatic rings. The van der Waals surface area contributed by atoms with E-state index in [1.54, 1.807) is 12.1 Å². The minimum absolute atomic E-state index is 0.0816. The highest BCUT2D eigenvalue weighted by molar-refractivity contribution is 7.89. The summed E-state index contributed by atoms with van der Waals surface area (Å²) in [5.41, 5.74) is 0.475. The van der Waals surface area contributed by atoms with Gasteiger partial charge in [-0.25, -0.2) is 16.8 Å². The Balaban J connectivity index is 1.40. The summed E-state index contributed by atoms with van der Waals surface area (Å²) < 4.78 is 54.8. The SMILES string of the molecule is O=C(Nc1ccc(S(=O)(=O)N2CCCCCC2)cc1)[C@@H]1CCCN(S(=O)(=O)c2ccc(Cl)cc2)C1. The largest absolute Gasteiger partial charge is 0.326 e. The molecular weight excluding hydrogens is 510 g/mol. The predicted octanol–water partition coefficient (Wildman–Crippen LogP) is 3.94. The maximum Gasteiger partial charge on any atom is 0.243 e. The molecule has 4 rings (SSSR count). The summed E-state index contributed by atoms with van der Waals surface area (Å²) in [6.45, 7) is 1.48. The van der Waals surface area contributed by atoms with Gasteiger partial charge in [-0.05, 0) is 74.2 Å². The molecule has 2 aromatic carbocycles. The van der Waals surface area contributed by atoms with Crippen LogP contribution in [0.2, 0.25) is 5.02 Å². The standard InChI is InChI=1S/C24H30ClN3O5S2/c25-20-7-11-22(12-8-20)35(32,33)28-17-5-6-19(18-28)24(29)26-21-9-13-23(14-10-21)34(30,31)27-15-3-1-2-4-16-27/h7-14,19H,1-6,15-18H2,(H,26,29)/t19-/m1/s1. The molecule has 2 aliphatic heterocycles. The number of halogens is 1. The summed E-state index contributed by atoms with van der Waals surface area (Å²) in [7, 11) is -7.29. The van der Waals surface area contributed by atoms with Gasteiger partial charge in [-0.2, -0.15) is 8.61 Å². The number of rotatable bonds is 6. The molecule has 0 unspecified atom stereocenters. The lowest BCUT2D eigenvalue weighted by atomic mass is 9.99. The Labute approximate surface area is 212 Å². The van der Waals surface area contributed by atoms with E-state index in [4.69, 9.17) is 11.6 Å². The number of hydrogen-bond donors (Lipinski definition) is 1. The van der Waals surface area contributed by atoms with Gasteiger partial charge in [-0.3, -0.25) is 4.79 Å². The fraction of sp³-hybridized carbons (Fsp3) is 0.458. The zero-order chi connectivity index (χ0) is 25.1. The highest BCUT2D eigenvalue weighted by atomic mass is 35.5. The van der Waals surface area contributed by atoms with E-state index >= 15 is 0 Å². The first-order valence-corrected chi connectivity index (χ1v) is 15.1. The zero-order valence-electron chi connectivity index (χ0n) is 19.4. The molecule has 2 fully saturated rings. The van der Waals surface area contributed by atoms with E-state index in [1.807, 2.05) is 0 Å². The molecule has 1 atom stereocenters. The maximum atomic E-state index is 13.0. The van der Waals surface area contributed by atoms with Crippen molar-refractivity contribution in [2.24, 2.45) is 5.92 Å². The second-order valence-electron chi connectivity index (χ2n) is 8.99. The third-order valence-electron chi connectivity index (χ3n) is 6.53. The number of carbonyl (C=O) groups excluding carboxylic acids is 1. The number of piperidine rings is 1. The molecular formula is C24H30ClN3O5S2. The molecule has 2 aromatic rings. The van der Waals surface area contributed by atoms with E-state index in [0.29, 0.717) is 43.2 Å². The highest BCUT2D eigenvalue weighted by Crippen LogP contribution is 2.26. The lowest BCUT2D eigenvalue weighted by Crippen LogP contribution is -2.43. The van der Waals surface area contributed by atoms with Crippen LogP contribution >= 0.6 is 11.6 Å². The van der Waals surface area contributed by atoms with Crippen LogP contribution in [0, 0.1) is 5.92 Å². The van der Waals surface area contributed by atoms with Gasteiger partial charge in [-0.15, -0.1) is 0 Å². The topological polar surface area (TPSA) is 104 Å². The Kier molecular flexibility index (Phi) is 8.17. The van der Waals surface area contributed by atoms with E-state index in [2.05, 4.69) is 5.32 Å². The number of anilines is 1. The van der Waals surface area contributed by atoms with Crippen molar-refractivity contribution in [1.29, 1.82) is 0 Å². The van der Waals surface area contributed by atoms with E-state index in [-0.39, 0.29) is 22.2 Å². The van der Waals surface area contributed by atoms with Gasteiger partial charge in [0.25, 0.3) is 0 Å². The van der Waals surface area contributed by atoms with E-state index < -0.39 is 26.0 Å². The van der Waals surface area contributed by atoms with Crippen molar-refractivity contribution >= 4 is 43.2 Å². The third kappa shape index (κ3) is 6.06. The van der Waals surface area contributed by atoms with Crippen LogP contribution in [0.15, 0.2) is 58.3 Å². The molecule has 35 heavy (non-hydrogen) atoms. The molecule has 0 spiro atoms. The molecule has 0 aliphatic carbocycles. The third-order valence-corrected chi connectivity index (χ3v) is 10.6. The van der Waals surface area contributed by atoms with Crippen LogP contribution in [0.1, 0.15) is 38.5 Å². The molecule has 1 amide bonds. The number of sulfonamides is 2. The summed E-state index contributed by atoms with van der Waals surface area (Å²) in [5, 5.41) is 3.26. The molecule has 11 heteroatoms. The molecule has 0 saturated carbocycles. The minimum atomic E-state index is -3.73. The van der Waals surface area contributed by atoms with Crippen LogP contribution in [-0.2, 0) is 24.8 Å². The van der Waals surface area contributed by atoms with Crippen molar-refractivity contribution in [3.05, 3.63) is 53.6 Å². The second kappa shape index (κ2) is 11.0. The van der Waals surface area contributed by atoms with Gasteiger partial charge in [0.1, 0.15) is 0 Å². The summed E-state index contributed by atoms with van der Waals surface area (Å²) in [6, 6.07) is 12.1. The van der Waals surface area contributed by atoms with Gasteiger partial charge in [0.05, 0.1) is 15.7 Å². The Bertz CT molecular complexity index is 1240. The van der Waals surface area contributed by atoms with Gasteiger partial charge < -0.3 is 5.32 Å². The molecule has 2 saturated heterocycles. The van der Waals surface area contributed by atoms with Crippen molar-refractivity contribution < 1.29 is 21.6 Å². The van der Waals surface area contributed by atoms with Gasteiger partial charge >= 0.3 is 0 Å². The summed E-state index contributed by atoms with van der Waals surface area (Å²) in [6.07, 6.45) is 4.93. The van der Waals surface area contributed by atoms with Crippen molar-refractivity contribution in [3.8, 4) is 0 Å². The van der Waals surface area contributed by atoms with Crippen LogP contribution in [0.5, 0.6) is 0 Å². The summed E-state index contributed by atoms with van der Waals surface area (Å²) in [5.74, 6) is -0.796. The minimum Gasteiger partial charge on any atom is -0.326 e. The van der Waals surface area contributed by atoms with Crippen molar-refractivity contribution in [2.45, 2.75) is 48.3 Å². The summed E-state index contributed by atoms with van der Waals surface area (Å²) in [4.78, 5) is 13.3. The van der Waals surface area contributed by atoms with Crippen LogP contribution in [0.3, 0.4) is 0 Å². The van der Waals surface area contributed by atoms with E-state index in [9.17, 15) is 21.6 Å². The molecule has 0 radical (unpaired) electrons. The molecule has 1 N–H and O–H groups in total. The van der Waals surface area contributed by atoms with Crippen LogP contribution in [-0.4, -0.2) is 57.5 Å². The first kappa shape index (κ1) is 26.1. The predicted molar refractivity (Wildman–Crippen MR) is 135 cm³/mol. The molecule has 190 valence electrons. The summed E-state index contributed by atoms with van der Waals surface area (Å²) >= 11 is 5.87. The Morgan fingerprint density at radius 3 is 1.86 bits per heavy atom. The Morgan fingerprint density at radius 1 is 0.743 bits per heavy atom. The number of hydrogen-bond acceptors (Lipinski definition) is 5. The van der Waals surface area contributed by atoms with Gasteiger partial charge in [0.15, 0.2) is 0 Å². The monoisotopic (exact) mass is 539 g/mol. The molecule has 0 bridgehead atoms. The smallest absolute Gasteiger partial charge is 0.243 e. The van der Waals surface area contributed by atoms with E-state index in [0.717, 1.165) is 25.7 Å². The molecule has 0 aromatic heterocycles. The van der Waals surface area contributed by atoms with Crippen LogP contribution in [0.25, 0.3) is 0 Å². The fourth-order valence-electron chi connectivity index (χ4n) is 4.52. The first-order valence-electron chi connectivity index (χ1n) is 11.8. The fourth-order valence-corrected chi connectivity index (χ4v) is 7.68. The van der Waals surface area contributed by atoms with Crippen molar-refractivity contribution in [1.82, 2.24) is 8.61 Å². The second-order valence-corrected chi connectivity index (χ2v) is 13.3. The molecule has 2 heterocycles. The van der Waals surface area contributed by atoms with Crippen LogP contribution < -0.4 is 5.32 Å². The normalized spacial score (nSPS) is 20.8. The quantitative estimate of drug-likeness (QED) is 0.598. The highest BCUT2D eigenvalue weighted by Gasteiger charge is 2.33. The number of benzene rings is 2. The average molecular weight is 540 g/mol. The number of amides is 1. The zero-order valence-corrected chi connectivity index (χ0v) is 21.8. The lowest BCUT2D eigenvalue weighted by Gasteiger charge is -2.31. The maximum absolute atomic E-state index is 13.0. The van der Waals surface area contributed by atoms with Crippen LogP contribution in [0.4, 0.5) is 5.69 Å². The Morgan fingerprint density at radius 2 is 1.26 bits per heavy atom. The Hall–Kier alpha value is -1.98.